The Balaban J connectivity index is 1.66. The van der Waals surface area contributed by atoms with Crippen molar-refractivity contribution in [3.63, 3.8) is 0 Å². The number of ether oxygens (including phenoxy) is 1. The molecule has 5 nitrogen and oxygen atoms in total. The number of nitrogens with zero attached hydrogens (tertiary/aromatic N) is 2. The van der Waals surface area contributed by atoms with Crippen molar-refractivity contribution >= 4 is 27.5 Å². The number of hydrogen-bond acceptors (Lipinski definition) is 5. The van der Waals surface area contributed by atoms with Gasteiger partial charge in [0, 0.05) is 11.1 Å². The molecular weight excluding hydrogens is 346 g/mol. The van der Waals surface area contributed by atoms with Crippen LogP contribution in [0.4, 0.5) is 0 Å². The zero-order chi connectivity index (χ0) is 18.8. The second-order valence-electron chi connectivity index (χ2n) is 6.42. The number of carbonyl (C=O) groups excluding carboxylic acids is 1. The lowest BCUT2D eigenvalue weighted by atomic mass is 10.1. The maximum absolute atomic E-state index is 12.6. The van der Waals surface area contributed by atoms with Crippen molar-refractivity contribution in [2.45, 2.75) is 34.6 Å². The molecule has 0 spiro atoms. The molecule has 2 heterocycles. The highest BCUT2D eigenvalue weighted by molar-refractivity contribution is 7.20. The molecule has 1 aromatic carbocycles. The van der Waals surface area contributed by atoms with Crippen LogP contribution in [-0.4, -0.2) is 29.0 Å². The minimum atomic E-state index is -0.0901. The summed E-state index contributed by atoms with van der Waals surface area (Å²) in [6.07, 6.45) is 0. The first kappa shape index (κ1) is 18.3. The molecule has 0 aliphatic carbocycles. The summed E-state index contributed by atoms with van der Waals surface area (Å²) in [6, 6.07) is 6.05. The zero-order valence-electron chi connectivity index (χ0n) is 15.8. The van der Waals surface area contributed by atoms with Crippen LogP contribution < -0.4 is 10.1 Å². The summed E-state index contributed by atoms with van der Waals surface area (Å²) in [5, 5.41) is 3.93. The molecule has 26 heavy (non-hydrogen) atoms. The van der Waals surface area contributed by atoms with Crippen molar-refractivity contribution in [2.75, 3.05) is 13.2 Å². The van der Waals surface area contributed by atoms with Gasteiger partial charge in [-0.15, -0.1) is 11.3 Å². The predicted molar refractivity (Wildman–Crippen MR) is 105 cm³/mol. The third-order valence-corrected chi connectivity index (χ3v) is 5.52. The highest BCUT2D eigenvalue weighted by Crippen LogP contribution is 2.31. The number of nitrogens with one attached hydrogen (secondary N) is 1. The summed E-state index contributed by atoms with van der Waals surface area (Å²) in [5.74, 6) is 1.53. The Morgan fingerprint density at radius 3 is 2.50 bits per heavy atom. The Bertz CT molecular complexity index is 959. The number of rotatable bonds is 5. The van der Waals surface area contributed by atoms with E-state index in [1.807, 2.05) is 52.8 Å². The smallest absolute Gasteiger partial charge is 0.261 e. The van der Waals surface area contributed by atoms with Gasteiger partial charge in [0.15, 0.2) is 0 Å². The minimum Gasteiger partial charge on any atom is -0.491 e. The average Bonchev–Trinajstić information content (AvgIpc) is 2.90. The van der Waals surface area contributed by atoms with Crippen LogP contribution in [0.5, 0.6) is 5.75 Å². The molecule has 0 bridgehead atoms. The average molecular weight is 369 g/mol. The molecule has 0 atom stereocenters. The normalized spacial score (nSPS) is 11.0. The van der Waals surface area contributed by atoms with E-state index in [1.54, 1.807) is 0 Å². The topological polar surface area (TPSA) is 64.1 Å². The standard InChI is InChI=1S/C20H23N3O2S/c1-11-7-6-8-12(2)17(11)25-10-9-21-19(24)18-13(3)16-14(4)22-15(5)23-20(16)26-18/h6-8H,9-10H2,1-5H3,(H,21,24). The van der Waals surface area contributed by atoms with Crippen molar-refractivity contribution in [3.05, 3.63) is 51.3 Å². The van der Waals surface area contributed by atoms with Crippen molar-refractivity contribution < 1.29 is 9.53 Å². The van der Waals surface area contributed by atoms with Crippen LogP contribution in [0.2, 0.25) is 0 Å². The number of para-hydroxylation sites is 1. The first-order valence-electron chi connectivity index (χ1n) is 8.60. The van der Waals surface area contributed by atoms with Gasteiger partial charge >= 0.3 is 0 Å². The number of amides is 1. The van der Waals surface area contributed by atoms with E-state index in [2.05, 4.69) is 15.3 Å². The molecule has 3 rings (SSSR count). The molecule has 1 N–H and O–H groups in total. The number of carbonyl (C=O) groups is 1. The van der Waals surface area contributed by atoms with E-state index in [9.17, 15) is 4.79 Å². The summed E-state index contributed by atoms with van der Waals surface area (Å²) < 4.78 is 5.84. The van der Waals surface area contributed by atoms with E-state index >= 15 is 0 Å². The SMILES string of the molecule is Cc1nc(C)c2c(C)c(C(=O)NCCOc3c(C)cccc3C)sc2n1. The minimum absolute atomic E-state index is 0.0901. The Kier molecular flexibility index (Phi) is 5.23. The second kappa shape index (κ2) is 7.41. The predicted octanol–water partition coefficient (Wildman–Crippen LogP) is 4.04. The highest BCUT2D eigenvalue weighted by atomic mass is 32.1. The van der Waals surface area contributed by atoms with Crippen LogP contribution in [0.25, 0.3) is 10.2 Å². The van der Waals surface area contributed by atoms with Crippen LogP contribution in [0, 0.1) is 34.6 Å². The number of thiophene rings is 1. The molecule has 6 heteroatoms. The van der Waals surface area contributed by atoms with E-state index in [1.165, 1.54) is 11.3 Å². The molecule has 3 aromatic rings. The molecule has 0 saturated carbocycles. The maximum Gasteiger partial charge on any atom is 0.261 e. The number of aryl methyl sites for hydroxylation is 5. The van der Waals surface area contributed by atoms with Crippen molar-refractivity contribution in [1.82, 2.24) is 15.3 Å². The van der Waals surface area contributed by atoms with Crippen molar-refractivity contribution in [1.29, 1.82) is 0 Å². The number of fused-ring (bicyclic) bond motifs is 1. The first-order valence-corrected chi connectivity index (χ1v) is 9.41. The number of aromatic nitrogens is 2. The summed E-state index contributed by atoms with van der Waals surface area (Å²) in [4.78, 5) is 23.0. The molecule has 0 aliphatic rings. The fourth-order valence-electron chi connectivity index (χ4n) is 3.11. The molecule has 136 valence electrons. The monoisotopic (exact) mass is 369 g/mol. The molecule has 0 saturated heterocycles. The number of benzene rings is 1. The Morgan fingerprint density at radius 1 is 1.12 bits per heavy atom. The fraction of sp³-hybridized carbons (Fsp3) is 0.350. The molecular formula is C20H23N3O2S. The quantitative estimate of drug-likeness (QED) is 0.689. The van der Waals surface area contributed by atoms with Gasteiger partial charge < -0.3 is 10.1 Å². The summed E-state index contributed by atoms with van der Waals surface area (Å²) in [6.45, 7) is 10.7. The van der Waals surface area contributed by atoms with Crippen LogP contribution in [0.15, 0.2) is 18.2 Å². The van der Waals surface area contributed by atoms with Gasteiger partial charge in [0.1, 0.15) is 23.0 Å². The van der Waals surface area contributed by atoms with Gasteiger partial charge in [-0.3, -0.25) is 4.79 Å². The van der Waals surface area contributed by atoms with Gasteiger partial charge in [0.2, 0.25) is 0 Å². The van der Waals surface area contributed by atoms with Gasteiger partial charge in [0.05, 0.1) is 11.4 Å². The zero-order valence-corrected chi connectivity index (χ0v) is 16.6. The second-order valence-corrected chi connectivity index (χ2v) is 7.42. The molecule has 2 aromatic heterocycles. The largest absolute Gasteiger partial charge is 0.491 e. The van der Waals surface area contributed by atoms with Crippen LogP contribution in [-0.2, 0) is 0 Å². The van der Waals surface area contributed by atoms with Gasteiger partial charge in [-0.05, 0) is 51.3 Å². The molecule has 0 aliphatic heterocycles. The van der Waals surface area contributed by atoms with Crippen molar-refractivity contribution in [2.24, 2.45) is 0 Å². The van der Waals surface area contributed by atoms with Gasteiger partial charge in [0.25, 0.3) is 5.91 Å². The van der Waals surface area contributed by atoms with Gasteiger partial charge in [-0.25, -0.2) is 9.97 Å². The highest BCUT2D eigenvalue weighted by Gasteiger charge is 2.18. The third-order valence-electron chi connectivity index (χ3n) is 4.33. The molecule has 1 amide bonds. The van der Waals surface area contributed by atoms with Gasteiger partial charge in [-0.1, -0.05) is 18.2 Å². The lowest BCUT2D eigenvalue weighted by Crippen LogP contribution is -2.28. The van der Waals surface area contributed by atoms with E-state index in [-0.39, 0.29) is 5.91 Å². The number of hydrogen-bond donors (Lipinski definition) is 1. The maximum atomic E-state index is 12.6. The summed E-state index contributed by atoms with van der Waals surface area (Å²) in [7, 11) is 0. The molecule has 0 unspecified atom stereocenters. The first-order chi connectivity index (χ1) is 12.4. The van der Waals surface area contributed by atoms with Crippen molar-refractivity contribution in [3.8, 4) is 5.75 Å². The third kappa shape index (κ3) is 3.55. The van der Waals surface area contributed by atoms with E-state index < -0.39 is 0 Å². The van der Waals surface area contributed by atoms with Gasteiger partial charge in [-0.2, -0.15) is 0 Å². The van der Waals surface area contributed by atoms with Crippen LogP contribution in [0.1, 0.15) is 37.9 Å². The Morgan fingerprint density at radius 2 is 1.81 bits per heavy atom. The molecule has 0 fully saturated rings. The lowest BCUT2D eigenvalue weighted by molar-refractivity contribution is 0.0950. The van der Waals surface area contributed by atoms with E-state index in [4.69, 9.17) is 4.74 Å². The fourth-order valence-corrected chi connectivity index (χ4v) is 4.31. The van der Waals surface area contributed by atoms with E-state index in [0.717, 1.165) is 44.2 Å². The Hall–Kier alpha value is -2.47. The van der Waals surface area contributed by atoms with E-state index in [0.29, 0.717) is 18.0 Å². The Labute approximate surface area is 157 Å². The molecule has 0 radical (unpaired) electrons. The summed E-state index contributed by atoms with van der Waals surface area (Å²) in [5.41, 5.74) is 4.05. The van der Waals surface area contributed by atoms with Crippen LogP contribution in [0.3, 0.4) is 0 Å². The van der Waals surface area contributed by atoms with Crippen LogP contribution >= 0.6 is 11.3 Å². The lowest BCUT2D eigenvalue weighted by Gasteiger charge is -2.12. The summed E-state index contributed by atoms with van der Waals surface area (Å²) >= 11 is 1.42.